The van der Waals surface area contributed by atoms with Crippen molar-refractivity contribution in [3.05, 3.63) is 34.8 Å². The lowest BCUT2D eigenvalue weighted by Gasteiger charge is -1.87. The molecule has 0 aromatic carbocycles. The normalized spacial score (nSPS) is 10.0. The topological polar surface area (TPSA) is 17.2 Å². The highest BCUT2D eigenvalue weighted by Crippen LogP contribution is 2.31. The SMILES string of the molecule is [C-]#[N+]c1cc2ccc(Cl)nc2s1. The van der Waals surface area contributed by atoms with E-state index in [-0.39, 0.29) is 0 Å². The lowest BCUT2D eigenvalue weighted by molar-refractivity contribution is 1.44. The van der Waals surface area contributed by atoms with E-state index >= 15 is 0 Å². The maximum Gasteiger partial charge on any atom is 0.243 e. The first kappa shape index (κ1) is 7.53. The first-order valence-corrected chi connectivity index (χ1v) is 4.42. The van der Waals surface area contributed by atoms with E-state index < -0.39 is 0 Å². The Balaban J connectivity index is 2.77. The minimum absolute atomic E-state index is 0.473. The Morgan fingerprint density at radius 3 is 3.08 bits per heavy atom. The Kier molecular flexibility index (Phi) is 1.72. The van der Waals surface area contributed by atoms with Crippen molar-refractivity contribution < 1.29 is 0 Å². The highest BCUT2D eigenvalue weighted by molar-refractivity contribution is 7.22. The molecule has 0 aliphatic heterocycles. The second kappa shape index (κ2) is 2.74. The molecule has 2 aromatic heterocycles. The van der Waals surface area contributed by atoms with Crippen molar-refractivity contribution in [1.29, 1.82) is 0 Å². The number of nitrogens with zero attached hydrogens (tertiary/aromatic N) is 2. The monoisotopic (exact) mass is 194 g/mol. The molecule has 2 aromatic rings. The molecule has 0 aliphatic rings. The van der Waals surface area contributed by atoms with Gasteiger partial charge in [0.2, 0.25) is 5.00 Å². The Morgan fingerprint density at radius 2 is 2.33 bits per heavy atom. The van der Waals surface area contributed by atoms with Gasteiger partial charge >= 0.3 is 0 Å². The van der Waals surface area contributed by atoms with Gasteiger partial charge < -0.3 is 0 Å². The molecular formula is C8H3ClN2S. The van der Waals surface area contributed by atoms with Gasteiger partial charge in [0.15, 0.2) is 0 Å². The minimum atomic E-state index is 0.473. The molecule has 4 heteroatoms. The summed E-state index contributed by atoms with van der Waals surface area (Å²) < 4.78 is 0. The first-order chi connectivity index (χ1) is 5.79. The standard InChI is InChI=1S/C8H3ClN2S/c1-10-7-4-5-2-3-6(9)11-8(5)12-7/h2-4H. The maximum atomic E-state index is 6.80. The number of fused-ring (bicyclic) bond motifs is 1. The number of hydrogen-bond donors (Lipinski definition) is 0. The van der Waals surface area contributed by atoms with Crippen molar-refractivity contribution in [2.45, 2.75) is 0 Å². The molecule has 0 atom stereocenters. The summed E-state index contributed by atoms with van der Waals surface area (Å²) in [6.45, 7) is 6.80. The minimum Gasteiger partial charge on any atom is -0.227 e. The van der Waals surface area contributed by atoms with Crippen molar-refractivity contribution in [2.75, 3.05) is 0 Å². The van der Waals surface area contributed by atoms with Gasteiger partial charge in [-0.05, 0) is 17.5 Å². The Labute approximate surface area is 78.2 Å². The van der Waals surface area contributed by atoms with Gasteiger partial charge in [-0.1, -0.05) is 17.7 Å². The summed E-state index contributed by atoms with van der Waals surface area (Å²) in [6, 6.07) is 5.41. The molecule has 12 heavy (non-hydrogen) atoms. The largest absolute Gasteiger partial charge is 0.243 e. The summed E-state index contributed by atoms with van der Waals surface area (Å²) in [5.74, 6) is 0. The number of aromatic nitrogens is 1. The van der Waals surface area contributed by atoms with Gasteiger partial charge in [0.25, 0.3) is 0 Å². The van der Waals surface area contributed by atoms with Crippen LogP contribution in [-0.2, 0) is 0 Å². The molecular weight excluding hydrogens is 192 g/mol. The summed E-state index contributed by atoms with van der Waals surface area (Å²) in [4.78, 5) is 8.24. The van der Waals surface area contributed by atoms with E-state index in [0.29, 0.717) is 10.2 Å². The van der Waals surface area contributed by atoms with Gasteiger partial charge in [0.1, 0.15) is 9.98 Å². The highest BCUT2D eigenvalue weighted by Gasteiger charge is 2.01. The van der Waals surface area contributed by atoms with Gasteiger partial charge in [0.05, 0.1) is 6.57 Å². The van der Waals surface area contributed by atoms with Crippen LogP contribution in [0.1, 0.15) is 0 Å². The van der Waals surface area contributed by atoms with E-state index in [4.69, 9.17) is 18.2 Å². The molecule has 0 fully saturated rings. The maximum absolute atomic E-state index is 6.80. The molecule has 0 spiro atoms. The molecule has 0 saturated heterocycles. The van der Waals surface area contributed by atoms with Crippen LogP contribution in [0, 0.1) is 6.57 Å². The van der Waals surface area contributed by atoms with E-state index in [2.05, 4.69) is 9.83 Å². The van der Waals surface area contributed by atoms with Gasteiger partial charge in [-0.2, -0.15) is 0 Å². The second-order valence-corrected chi connectivity index (χ2v) is 3.62. The van der Waals surface area contributed by atoms with Gasteiger partial charge in [0, 0.05) is 0 Å². The molecule has 2 heterocycles. The zero-order valence-electron chi connectivity index (χ0n) is 5.91. The van der Waals surface area contributed by atoms with Crippen molar-refractivity contribution in [3.63, 3.8) is 0 Å². The molecule has 0 radical (unpaired) electrons. The molecule has 0 N–H and O–H groups in total. The molecule has 2 rings (SSSR count). The fourth-order valence-electron chi connectivity index (χ4n) is 0.937. The lowest BCUT2D eigenvalue weighted by atomic mass is 10.3. The van der Waals surface area contributed by atoms with Crippen LogP contribution < -0.4 is 0 Å². The fourth-order valence-corrected chi connectivity index (χ4v) is 1.95. The molecule has 0 unspecified atom stereocenters. The van der Waals surface area contributed by atoms with Gasteiger partial charge in [-0.3, -0.25) is 0 Å². The number of thiophene rings is 1. The fraction of sp³-hybridized carbons (Fsp3) is 0. The zero-order chi connectivity index (χ0) is 8.55. The Morgan fingerprint density at radius 1 is 1.50 bits per heavy atom. The first-order valence-electron chi connectivity index (χ1n) is 3.23. The number of halogens is 1. The summed E-state index contributed by atoms with van der Waals surface area (Å²) in [7, 11) is 0. The molecule has 2 nitrogen and oxygen atoms in total. The summed E-state index contributed by atoms with van der Waals surface area (Å²) in [5.41, 5.74) is 0. The van der Waals surface area contributed by atoms with E-state index in [0.717, 1.165) is 10.2 Å². The lowest BCUT2D eigenvalue weighted by Crippen LogP contribution is -1.70. The van der Waals surface area contributed by atoms with E-state index in [1.54, 1.807) is 6.07 Å². The molecule has 0 bridgehead atoms. The Bertz CT molecular complexity index is 469. The second-order valence-electron chi connectivity index (χ2n) is 2.22. The van der Waals surface area contributed by atoms with Crippen molar-refractivity contribution in [2.24, 2.45) is 0 Å². The molecule has 0 amide bonds. The molecule has 58 valence electrons. The highest BCUT2D eigenvalue weighted by atomic mass is 35.5. The van der Waals surface area contributed by atoms with Crippen molar-refractivity contribution in [1.82, 2.24) is 4.98 Å². The van der Waals surface area contributed by atoms with Crippen LogP contribution in [0.3, 0.4) is 0 Å². The smallest absolute Gasteiger partial charge is 0.227 e. The van der Waals surface area contributed by atoms with E-state index in [1.165, 1.54) is 11.3 Å². The molecule has 0 saturated carbocycles. The predicted molar refractivity (Wildman–Crippen MR) is 50.9 cm³/mol. The van der Waals surface area contributed by atoms with E-state index in [1.807, 2.05) is 12.1 Å². The van der Waals surface area contributed by atoms with Crippen molar-refractivity contribution >= 4 is 38.2 Å². The average molecular weight is 195 g/mol. The summed E-state index contributed by atoms with van der Waals surface area (Å²) >= 11 is 7.05. The third-order valence-electron chi connectivity index (χ3n) is 1.45. The quantitative estimate of drug-likeness (QED) is 0.464. The number of rotatable bonds is 0. The average Bonchev–Trinajstić information content (AvgIpc) is 2.46. The van der Waals surface area contributed by atoms with E-state index in [9.17, 15) is 0 Å². The van der Waals surface area contributed by atoms with Crippen LogP contribution in [0.25, 0.3) is 15.1 Å². The molecule has 0 aliphatic carbocycles. The van der Waals surface area contributed by atoms with Gasteiger partial charge in [-0.15, -0.1) is 11.3 Å². The third-order valence-corrected chi connectivity index (χ3v) is 2.60. The van der Waals surface area contributed by atoms with Crippen LogP contribution in [0.4, 0.5) is 5.00 Å². The van der Waals surface area contributed by atoms with Crippen LogP contribution in [0.15, 0.2) is 18.2 Å². The van der Waals surface area contributed by atoms with Crippen LogP contribution in [0.2, 0.25) is 5.15 Å². The van der Waals surface area contributed by atoms with Crippen LogP contribution >= 0.6 is 22.9 Å². The summed E-state index contributed by atoms with van der Waals surface area (Å²) in [6.07, 6.45) is 0. The Hall–Kier alpha value is -1.11. The predicted octanol–water partition coefficient (Wildman–Crippen LogP) is 3.50. The van der Waals surface area contributed by atoms with Crippen LogP contribution in [-0.4, -0.2) is 4.98 Å². The number of hydrogen-bond acceptors (Lipinski definition) is 2. The van der Waals surface area contributed by atoms with Crippen LogP contribution in [0.5, 0.6) is 0 Å². The third kappa shape index (κ3) is 1.15. The summed E-state index contributed by atoms with van der Waals surface area (Å²) in [5, 5.41) is 2.11. The number of pyridine rings is 1. The van der Waals surface area contributed by atoms with Crippen molar-refractivity contribution in [3.8, 4) is 0 Å². The van der Waals surface area contributed by atoms with Gasteiger partial charge in [-0.25, -0.2) is 9.83 Å². The zero-order valence-corrected chi connectivity index (χ0v) is 7.49.